The molecule has 1 aliphatic carbocycles. The highest BCUT2D eigenvalue weighted by Gasteiger charge is 2.28. The molecule has 0 radical (unpaired) electrons. The minimum Gasteiger partial charge on any atom is -0.508 e. The van der Waals surface area contributed by atoms with E-state index >= 15 is 0 Å². The molecule has 2 aromatic heterocycles. The van der Waals surface area contributed by atoms with Crippen molar-refractivity contribution in [2.24, 2.45) is 0 Å². The number of phenolic OH excluding ortho intramolecular Hbond substituents is 1. The van der Waals surface area contributed by atoms with Gasteiger partial charge in [0.2, 0.25) is 0 Å². The standard InChI is InChI=1S/C30H29FN4O3/c1-35-16-24-27-22(23-15-19(31)6-11-26(23)35)12-13-32-29(27)34-28(24)18-4-7-20(8-5-18)33-25(30(37)38)14-17-2-9-21(36)10-3-17/h2-4,6,9-13,15,20,25,33,36H,5,7-8,14,16H2,1H3,(H,32,34)(H,37,38)/t20?,25-/m0/s1. The van der Waals surface area contributed by atoms with Crippen LogP contribution in [0.15, 0.2) is 60.8 Å². The summed E-state index contributed by atoms with van der Waals surface area (Å²) in [4.78, 5) is 22.2. The number of fused-ring (bicyclic) bond motifs is 2. The van der Waals surface area contributed by atoms with Gasteiger partial charge in [0.15, 0.2) is 0 Å². The molecule has 38 heavy (non-hydrogen) atoms. The number of H-pyrrole nitrogens is 1. The van der Waals surface area contributed by atoms with Gasteiger partial charge >= 0.3 is 5.97 Å². The lowest BCUT2D eigenvalue weighted by Crippen LogP contribution is -2.45. The molecule has 2 aromatic carbocycles. The Morgan fingerprint density at radius 1 is 1.21 bits per heavy atom. The molecule has 0 spiro atoms. The fourth-order valence-electron chi connectivity index (χ4n) is 5.80. The minimum atomic E-state index is -0.887. The first-order chi connectivity index (χ1) is 18.4. The number of carboxylic acids is 1. The van der Waals surface area contributed by atoms with Crippen LogP contribution in [0, 0.1) is 5.82 Å². The predicted octanol–water partition coefficient (Wildman–Crippen LogP) is 5.25. The van der Waals surface area contributed by atoms with Gasteiger partial charge in [0.1, 0.15) is 23.3 Å². The quantitative estimate of drug-likeness (QED) is 0.282. The molecule has 0 amide bonds. The molecule has 0 fully saturated rings. The molecule has 1 aliphatic heterocycles. The lowest BCUT2D eigenvalue weighted by molar-refractivity contribution is -0.139. The summed E-state index contributed by atoms with van der Waals surface area (Å²) in [5, 5.41) is 23.7. The number of aromatic nitrogens is 2. The van der Waals surface area contributed by atoms with Crippen LogP contribution in [0.3, 0.4) is 0 Å². The first-order valence-corrected chi connectivity index (χ1v) is 12.8. The second-order valence-electron chi connectivity index (χ2n) is 10.2. The molecule has 0 saturated heterocycles. The van der Waals surface area contributed by atoms with E-state index in [1.807, 2.05) is 19.2 Å². The maximum absolute atomic E-state index is 14.2. The van der Waals surface area contributed by atoms with Crippen LogP contribution in [0.2, 0.25) is 0 Å². The van der Waals surface area contributed by atoms with Crippen molar-refractivity contribution in [3.05, 3.63) is 83.4 Å². The van der Waals surface area contributed by atoms with Gasteiger partial charge in [0, 0.05) is 53.7 Å². The Hall–Kier alpha value is -4.17. The van der Waals surface area contributed by atoms with Crippen molar-refractivity contribution >= 4 is 28.3 Å². The molecule has 1 unspecified atom stereocenters. The maximum Gasteiger partial charge on any atom is 0.321 e. The number of rotatable bonds is 6. The van der Waals surface area contributed by atoms with Crippen molar-refractivity contribution < 1.29 is 19.4 Å². The van der Waals surface area contributed by atoms with Crippen LogP contribution in [0.5, 0.6) is 5.75 Å². The summed E-state index contributed by atoms with van der Waals surface area (Å²) in [6.07, 6.45) is 6.61. The summed E-state index contributed by atoms with van der Waals surface area (Å²) in [7, 11) is 2.02. The van der Waals surface area contributed by atoms with Gasteiger partial charge in [-0.2, -0.15) is 0 Å². The molecule has 8 heteroatoms. The summed E-state index contributed by atoms with van der Waals surface area (Å²) in [5.74, 6) is -0.989. The molecular weight excluding hydrogens is 483 g/mol. The maximum atomic E-state index is 14.2. The third-order valence-electron chi connectivity index (χ3n) is 7.70. The fourth-order valence-corrected chi connectivity index (χ4v) is 5.80. The molecule has 2 aliphatic rings. The second kappa shape index (κ2) is 9.61. The number of nitrogens with zero attached hydrogens (tertiary/aromatic N) is 2. The summed E-state index contributed by atoms with van der Waals surface area (Å²) < 4.78 is 14.2. The molecule has 3 heterocycles. The van der Waals surface area contributed by atoms with E-state index in [2.05, 4.69) is 26.3 Å². The number of aromatic hydroxyl groups is 1. The monoisotopic (exact) mass is 512 g/mol. The normalized spacial score (nSPS) is 17.6. The van der Waals surface area contributed by atoms with Gasteiger partial charge in [-0.1, -0.05) is 18.2 Å². The summed E-state index contributed by atoms with van der Waals surface area (Å²) in [6.45, 7) is 0.666. The largest absolute Gasteiger partial charge is 0.508 e. The van der Waals surface area contributed by atoms with Crippen LogP contribution >= 0.6 is 0 Å². The second-order valence-corrected chi connectivity index (χ2v) is 10.2. The number of aliphatic carboxylic acids is 1. The summed E-state index contributed by atoms with van der Waals surface area (Å²) in [6, 6.07) is 12.9. The smallest absolute Gasteiger partial charge is 0.321 e. The predicted molar refractivity (Wildman–Crippen MR) is 146 cm³/mol. The molecular formula is C30H29FN4O3. The average molecular weight is 513 g/mol. The number of phenols is 1. The number of hydrogen-bond donors (Lipinski definition) is 4. The molecule has 194 valence electrons. The van der Waals surface area contributed by atoms with Gasteiger partial charge in [0.25, 0.3) is 0 Å². The zero-order valence-electron chi connectivity index (χ0n) is 21.0. The topological polar surface area (TPSA) is 101 Å². The number of halogens is 1. The molecule has 4 aromatic rings. The number of benzene rings is 2. The minimum absolute atomic E-state index is 0.0454. The number of carbonyl (C=O) groups is 1. The molecule has 0 bridgehead atoms. The highest BCUT2D eigenvalue weighted by atomic mass is 19.1. The Morgan fingerprint density at radius 3 is 2.76 bits per heavy atom. The van der Waals surface area contributed by atoms with Gasteiger partial charge in [-0.25, -0.2) is 9.37 Å². The number of allylic oxidation sites excluding steroid dienone is 1. The van der Waals surface area contributed by atoms with E-state index in [9.17, 15) is 19.4 Å². The number of pyridine rings is 1. The molecule has 7 nitrogen and oxygen atoms in total. The first kappa shape index (κ1) is 24.2. The van der Waals surface area contributed by atoms with E-state index in [1.165, 1.54) is 11.6 Å². The van der Waals surface area contributed by atoms with Crippen molar-refractivity contribution in [2.45, 2.75) is 44.3 Å². The Labute approximate surface area is 219 Å². The van der Waals surface area contributed by atoms with Crippen molar-refractivity contribution in [3.63, 3.8) is 0 Å². The highest BCUT2D eigenvalue weighted by molar-refractivity contribution is 6.02. The zero-order valence-corrected chi connectivity index (χ0v) is 21.0. The average Bonchev–Trinajstić information content (AvgIpc) is 3.22. The Balaban J connectivity index is 1.26. The number of carboxylic acid groups (broad SMARTS) is 1. The van der Waals surface area contributed by atoms with E-state index in [1.54, 1.807) is 36.5 Å². The Kier molecular flexibility index (Phi) is 6.12. The first-order valence-electron chi connectivity index (χ1n) is 12.8. The molecule has 4 N–H and O–H groups in total. The van der Waals surface area contributed by atoms with Crippen LogP contribution in [-0.2, 0) is 17.8 Å². The van der Waals surface area contributed by atoms with E-state index < -0.39 is 12.0 Å². The third kappa shape index (κ3) is 4.41. The summed E-state index contributed by atoms with van der Waals surface area (Å²) in [5.41, 5.74) is 7.86. The number of nitrogens with one attached hydrogen (secondary N) is 2. The van der Waals surface area contributed by atoms with E-state index in [0.717, 1.165) is 57.5 Å². The van der Waals surface area contributed by atoms with Crippen LogP contribution in [0.4, 0.5) is 10.1 Å². The van der Waals surface area contributed by atoms with Crippen molar-refractivity contribution in [1.82, 2.24) is 15.3 Å². The van der Waals surface area contributed by atoms with Crippen LogP contribution in [0.25, 0.3) is 27.7 Å². The van der Waals surface area contributed by atoms with Crippen LogP contribution < -0.4 is 10.2 Å². The van der Waals surface area contributed by atoms with Crippen molar-refractivity contribution in [3.8, 4) is 16.9 Å². The van der Waals surface area contributed by atoms with Gasteiger partial charge in [-0.15, -0.1) is 0 Å². The molecule has 2 atom stereocenters. The van der Waals surface area contributed by atoms with Crippen molar-refractivity contribution in [2.75, 3.05) is 11.9 Å². The number of hydrogen-bond acceptors (Lipinski definition) is 5. The number of anilines is 1. The van der Waals surface area contributed by atoms with E-state index in [4.69, 9.17) is 0 Å². The van der Waals surface area contributed by atoms with E-state index in [-0.39, 0.29) is 17.6 Å². The third-order valence-corrected chi connectivity index (χ3v) is 7.70. The van der Waals surface area contributed by atoms with Crippen LogP contribution in [0.1, 0.15) is 36.1 Å². The Bertz CT molecular complexity index is 1560. The molecule has 0 saturated carbocycles. The fraction of sp³-hybridized carbons (Fsp3) is 0.267. The number of aromatic amines is 1. The van der Waals surface area contributed by atoms with Crippen molar-refractivity contribution in [1.29, 1.82) is 0 Å². The van der Waals surface area contributed by atoms with Gasteiger partial charge in [0.05, 0.1) is 0 Å². The van der Waals surface area contributed by atoms with Gasteiger partial charge in [-0.3, -0.25) is 4.79 Å². The lowest BCUT2D eigenvalue weighted by Gasteiger charge is -2.27. The zero-order chi connectivity index (χ0) is 26.4. The SMILES string of the molecule is CN1Cc2c(C3=CCC(N[C@@H](Cc4ccc(O)cc4)C(=O)O)CC3)[nH]c3nccc(c23)-c2cc(F)ccc21. The molecule has 6 rings (SSSR count). The van der Waals surface area contributed by atoms with Gasteiger partial charge < -0.3 is 25.4 Å². The van der Waals surface area contributed by atoms with E-state index in [0.29, 0.717) is 19.4 Å². The van der Waals surface area contributed by atoms with Crippen LogP contribution in [-0.4, -0.2) is 45.3 Å². The highest BCUT2D eigenvalue weighted by Crippen LogP contribution is 2.43. The Morgan fingerprint density at radius 2 is 2.03 bits per heavy atom. The summed E-state index contributed by atoms with van der Waals surface area (Å²) >= 11 is 0. The van der Waals surface area contributed by atoms with Gasteiger partial charge in [-0.05, 0) is 78.8 Å². The lowest BCUT2D eigenvalue weighted by atomic mass is 9.90.